The van der Waals surface area contributed by atoms with Crippen LogP contribution in [0.3, 0.4) is 0 Å². The Labute approximate surface area is 163 Å². The number of aryl methyl sites for hydroxylation is 1. The van der Waals surface area contributed by atoms with Crippen molar-refractivity contribution in [3.63, 3.8) is 0 Å². The van der Waals surface area contributed by atoms with E-state index in [1.54, 1.807) is 16.9 Å². The first-order valence-electron chi connectivity index (χ1n) is 9.03. The fourth-order valence-electron chi connectivity index (χ4n) is 3.25. The number of rotatable bonds is 3. The molecule has 27 heavy (non-hydrogen) atoms. The molecule has 6 nitrogen and oxygen atoms in total. The van der Waals surface area contributed by atoms with Gasteiger partial charge in [-0.05, 0) is 38.0 Å². The fourth-order valence-corrected chi connectivity index (χ4v) is 3.52. The second-order valence-electron chi connectivity index (χ2n) is 6.71. The van der Waals surface area contributed by atoms with Crippen LogP contribution in [-0.2, 0) is 0 Å². The van der Waals surface area contributed by atoms with E-state index in [-0.39, 0.29) is 18.5 Å². The maximum absolute atomic E-state index is 12.6. The van der Waals surface area contributed by atoms with E-state index in [2.05, 4.69) is 22.3 Å². The topological polar surface area (TPSA) is 93.2 Å². The van der Waals surface area contributed by atoms with Crippen molar-refractivity contribution in [1.82, 2.24) is 15.1 Å². The van der Waals surface area contributed by atoms with Gasteiger partial charge in [0.05, 0.1) is 29.4 Å². The summed E-state index contributed by atoms with van der Waals surface area (Å²) in [5, 5.41) is 17.9. The van der Waals surface area contributed by atoms with Gasteiger partial charge in [0.2, 0.25) is 0 Å². The fraction of sp³-hybridized carbons (Fsp3) is 0.400. The van der Waals surface area contributed by atoms with Crippen molar-refractivity contribution in [3.8, 4) is 17.5 Å². The van der Waals surface area contributed by atoms with Crippen LogP contribution in [0.2, 0.25) is 5.02 Å². The van der Waals surface area contributed by atoms with Crippen LogP contribution in [0.15, 0.2) is 24.4 Å². The van der Waals surface area contributed by atoms with Crippen LogP contribution in [0.4, 0.5) is 0 Å². The molecule has 1 aliphatic rings. The number of nitrogens with zero attached hydrogens (tertiary/aromatic N) is 2. The zero-order chi connectivity index (χ0) is 19.4. The lowest BCUT2D eigenvalue weighted by molar-refractivity contribution is 0.0713. The van der Waals surface area contributed by atoms with Crippen molar-refractivity contribution < 1.29 is 9.90 Å². The summed E-state index contributed by atoms with van der Waals surface area (Å²) in [7, 11) is 0. The Morgan fingerprint density at radius 1 is 1.44 bits per heavy atom. The van der Waals surface area contributed by atoms with E-state index in [9.17, 15) is 9.90 Å². The minimum atomic E-state index is -0.498. The zero-order valence-electron chi connectivity index (χ0n) is 15.2. The predicted octanol–water partition coefficient (Wildman–Crippen LogP) is 2.18. The zero-order valence-corrected chi connectivity index (χ0v) is 16.0. The van der Waals surface area contributed by atoms with Gasteiger partial charge in [0.15, 0.2) is 5.69 Å². The van der Waals surface area contributed by atoms with Crippen molar-refractivity contribution in [2.75, 3.05) is 6.54 Å². The van der Waals surface area contributed by atoms with Crippen LogP contribution in [0, 0.1) is 18.8 Å². The van der Waals surface area contributed by atoms with Crippen LogP contribution >= 0.6 is 11.6 Å². The average molecular weight is 387 g/mol. The molecule has 1 amide bonds. The summed E-state index contributed by atoms with van der Waals surface area (Å²) in [6.07, 6.45) is 4.76. The highest BCUT2D eigenvalue weighted by molar-refractivity contribution is 6.32. The normalized spacial score (nSPS) is 19.3. The van der Waals surface area contributed by atoms with Crippen molar-refractivity contribution in [3.05, 3.63) is 46.2 Å². The molecule has 0 aliphatic heterocycles. The van der Waals surface area contributed by atoms with Gasteiger partial charge in [-0.25, -0.2) is 4.68 Å². The van der Waals surface area contributed by atoms with Gasteiger partial charge in [-0.2, -0.15) is 5.10 Å². The highest BCUT2D eigenvalue weighted by atomic mass is 35.5. The molecule has 0 bridgehead atoms. The van der Waals surface area contributed by atoms with E-state index in [1.807, 2.05) is 19.1 Å². The smallest absolute Gasteiger partial charge is 0.272 e. The van der Waals surface area contributed by atoms with Gasteiger partial charge in [-0.1, -0.05) is 36.3 Å². The van der Waals surface area contributed by atoms with Crippen LogP contribution in [0.5, 0.6) is 0 Å². The Morgan fingerprint density at radius 2 is 2.22 bits per heavy atom. The third-order valence-corrected chi connectivity index (χ3v) is 4.99. The van der Waals surface area contributed by atoms with Crippen LogP contribution in [0.25, 0.3) is 5.69 Å². The number of aliphatic hydroxyl groups excluding tert-OH is 1. The van der Waals surface area contributed by atoms with Gasteiger partial charge >= 0.3 is 0 Å². The summed E-state index contributed by atoms with van der Waals surface area (Å²) in [5.41, 5.74) is 7.88. The number of nitrogens with one attached hydrogen (secondary N) is 1. The van der Waals surface area contributed by atoms with Gasteiger partial charge in [0, 0.05) is 17.3 Å². The minimum absolute atomic E-state index is 0.222. The lowest BCUT2D eigenvalue weighted by Crippen LogP contribution is -2.45. The molecule has 0 spiro atoms. The van der Waals surface area contributed by atoms with E-state index in [0.717, 1.165) is 30.4 Å². The monoisotopic (exact) mass is 386 g/mol. The highest BCUT2D eigenvalue weighted by Crippen LogP contribution is 2.23. The van der Waals surface area contributed by atoms with E-state index < -0.39 is 6.10 Å². The number of amides is 1. The average Bonchev–Trinajstić information content (AvgIpc) is 3.03. The van der Waals surface area contributed by atoms with Gasteiger partial charge in [0.1, 0.15) is 0 Å². The number of benzene rings is 1. The quantitative estimate of drug-likeness (QED) is 0.705. The first-order valence-corrected chi connectivity index (χ1v) is 9.41. The molecule has 2 aromatic rings. The third kappa shape index (κ3) is 4.51. The molecule has 2 atom stereocenters. The maximum Gasteiger partial charge on any atom is 0.272 e. The summed E-state index contributed by atoms with van der Waals surface area (Å²) >= 11 is 6.37. The van der Waals surface area contributed by atoms with Crippen LogP contribution in [-0.4, -0.2) is 39.5 Å². The number of halogens is 1. The molecule has 1 heterocycles. The Morgan fingerprint density at radius 3 is 2.93 bits per heavy atom. The molecule has 1 saturated carbocycles. The Bertz CT molecular complexity index is 897. The molecule has 1 fully saturated rings. The molecule has 0 saturated heterocycles. The SMILES string of the molecule is Cc1cn(-c2ccc(C#CCN)cc2Cl)nc1C(=O)NC1CCCC[C@H]1O. The molecule has 4 N–H and O–H groups in total. The molecule has 3 rings (SSSR count). The first kappa shape index (κ1) is 19.4. The van der Waals surface area contributed by atoms with E-state index in [4.69, 9.17) is 17.3 Å². The number of carbonyl (C=O) groups is 1. The summed E-state index contributed by atoms with van der Waals surface area (Å²) in [5.74, 6) is 5.44. The highest BCUT2D eigenvalue weighted by Gasteiger charge is 2.26. The Kier molecular flexibility index (Phi) is 6.17. The summed E-state index contributed by atoms with van der Waals surface area (Å²) in [6.45, 7) is 2.11. The van der Waals surface area contributed by atoms with Crippen molar-refractivity contribution in [1.29, 1.82) is 0 Å². The lowest BCUT2D eigenvalue weighted by atomic mass is 9.92. The molecular weight excluding hydrogens is 364 g/mol. The van der Waals surface area contributed by atoms with Crippen LogP contribution in [0.1, 0.15) is 47.3 Å². The molecule has 0 radical (unpaired) electrons. The molecule has 1 aromatic heterocycles. The second-order valence-corrected chi connectivity index (χ2v) is 7.12. The molecular formula is C20H23ClN4O2. The number of hydrogen-bond acceptors (Lipinski definition) is 4. The third-order valence-electron chi connectivity index (χ3n) is 4.69. The number of hydrogen-bond donors (Lipinski definition) is 3. The number of aliphatic hydroxyl groups is 1. The molecule has 142 valence electrons. The van der Waals surface area contributed by atoms with Gasteiger partial charge in [-0.15, -0.1) is 0 Å². The van der Waals surface area contributed by atoms with E-state index >= 15 is 0 Å². The van der Waals surface area contributed by atoms with Crippen molar-refractivity contribution in [2.45, 2.75) is 44.8 Å². The minimum Gasteiger partial charge on any atom is -0.391 e. The largest absolute Gasteiger partial charge is 0.391 e. The van der Waals surface area contributed by atoms with E-state index in [1.165, 1.54) is 0 Å². The van der Waals surface area contributed by atoms with Crippen LogP contribution < -0.4 is 11.1 Å². The van der Waals surface area contributed by atoms with Crippen molar-refractivity contribution >= 4 is 17.5 Å². The Balaban J connectivity index is 1.80. The van der Waals surface area contributed by atoms with Crippen molar-refractivity contribution in [2.24, 2.45) is 5.73 Å². The van der Waals surface area contributed by atoms with E-state index in [0.29, 0.717) is 22.8 Å². The van der Waals surface area contributed by atoms with Gasteiger partial charge in [-0.3, -0.25) is 4.79 Å². The molecule has 1 aliphatic carbocycles. The lowest BCUT2D eigenvalue weighted by Gasteiger charge is -2.28. The van der Waals surface area contributed by atoms with Gasteiger partial charge in [0.25, 0.3) is 5.91 Å². The first-order chi connectivity index (χ1) is 13.0. The summed E-state index contributed by atoms with van der Waals surface area (Å²) < 4.78 is 1.59. The second kappa shape index (κ2) is 8.57. The molecule has 7 heteroatoms. The number of nitrogens with two attached hydrogens (primary N) is 1. The standard InChI is InChI=1S/C20H23ClN4O2/c1-13-12-25(17-9-8-14(5-4-10-22)11-15(17)21)24-19(13)20(27)23-16-6-2-3-7-18(16)26/h8-9,11-12,16,18,26H,2-3,6-7,10,22H2,1H3,(H,23,27)/t16?,18-/m1/s1. The number of carbonyl (C=O) groups excluding carboxylic acids is 1. The molecule has 1 unspecified atom stereocenters. The van der Waals surface area contributed by atoms with Gasteiger partial charge < -0.3 is 16.2 Å². The Hall–Kier alpha value is -2.33. The predicted molar refractivity (Wildman–Crippen MR) is 105 cm³/mol. The molecule has 1 aromatic carbocycles. The summed E-state index contributed by atoms with van der Waals surface area (Å²) in [4.78, 5) is 12.6. The number of aromatic nitrogens is 2. The summed E-state index contributed by atoms with van der Waals surface area (Å²) in [6, 6.07) is 5.16. The maximum atomic E-state index is 12.6.